The molecule has 5 aromatic rings. The van der Waals surface area contributed by atoms with Gasteiger partial charge in [-0.15, -0.1) is 5.69 Å². The lowest BCUT2D eigenvalue weighted by molar-refractivity contribution is -0.129. The van der Waals surface area contributed by atoms with E-state index in [-0.39, 0.29) is 48.9 Å². The minimum atomic E-state index is -1.30. The van der Waals surface area contributed by atoms with Gasteiger partial charge in [-0.25, -0.2) is 0 Å². The second kappa shape index (κ2) is 14.6. The van der Waals surface area contributed by atoms with Gasteiger partial charge in [-0.05, 0) is 84.5 Å². The van der Waals surface area contributed by atoms with E-state index in [9.17, 15) is 24.9 Å². The van der Waals surface area contributed by atoms with Crippen molar-refractivity contribution in [3.8, 4) is 17.2 Å². The van der Waals surface area contributed by atoms with Crippen molar-refractivity contribution in [3.63, 3.8) is 0 Å². The molecule has 4 bridgehead atoms. The number of H-pyrrole nitrogens is 1. The molecule has 1 aliphatic heterocycles. The van der Waals surface area contributed by atoms with Gasteiger partial charge in [0.15, 0.2) is 11.5 Å². The smallest absolute Gasteiger partial charge is 0.161 e. The van der Waals surface area contributed by atoms with E-state index < -0.39 is 17.4 Å². The molecule has 4 N–H and O–H groups in total. The molecule has 8 rings (SSSR count). The van der Waals surface area contributed by atoms with Gasteiger partial charge >= 0.3 is 0 Å². The Morgan fingerprint density at radius 1 is 0.889 bits per heavy atom. The second-order valence-corrected chi connectivity index (χ2v) is 14.9. The maximum Gasteiger partial charge on any atom is 0.161 e. The molecule has 276 valence electrons. The number of aryl methyl sites for hydroxylation is 2. The number of Topliss-reactive ketones (excluding diaryl/α,β-unsaturated/α-hetero) is 2. The van der Waals surface area contributed by atoms with Crippen LogP contribution < -0.4 is 9.72 Å². The van der Waals surface area contributed by atoms with Crippen molar-refractivity contribution in [3.05, 3.63) is 146 Å². The first-order chi connectivity index (χ1) is 26.2. The van der Waals surface area contributed by atoms with E-state index in [1.54, 1.807) is 36.5 Å². The number of fused-ring (bicyclic) bond motifs is 8. The van der Waals surface area contributed by atoms with Gasteiger partial charge in [-0.3, -0.25) is 9.59 Å². The third-order valence-electron chi connectivity index (χ3n) is 11.3. The molecule has 0 saturated heterocycles. The van der Waals surface area contributed by atoms with Gasteiger partial charge in [0, 0.05) is 29.9 Å². The van der Waals surface area contributed by atoms with Crippen LogP contribution in [0.4, 0.5) is 5.82 Å². The third-order valence-corrected chi connectivity index (χ3v) is 11.3. The molecule has 0 spiro atoms. The molecular formula is C45H43N3O6-2. The Morgan fingerprint density at radius 3 is 2.54 bits per heavy atom. The zero-order chi connectivity index (χ0) is 37.4. The lowest BCUT2D eigenvalue weighted by Crippen LogP contribution is -2.36. The Bertz CT molecular complexity index is 2300. The van der Waals surface area contributed by atoms with E-state index in [0.717, 1.165) is 44.6 Å². The van der Waals surface area contributed by atoms with Crippen LogP contribution in [0, 0.1) is 5.92 Å². The van der Waals surface area contributed by atoms with E-state index in [2.05, 4.69) is 22.1 Å². The Kier molecular flexibility index (Phi) is 9.50. The van der Waals surface area contributed by atoms with Crippen molar-refractivity contribution in [2.75, 3.05) is 13.7 Å². The number of phenols is 2. The number of carbonyl (C=O) groups excluding carboxylic acids is 2. The largest absolute Gasteiger partial charge is 0.664 e. The van der Waals surface area contributed by atoms with Gasteiger partial charge in [-0.2, -0.15) is 6.20 Å². The molecular weight excluding hydrogens is 679 g/mol. The number of methoxy groups -OCH3 is 1. The Balaban J connectivity index is 1.16. The Labute approximate surface area is 314 Å². The van der Waals surface area contributed by atoms with E-state index in [1.807, 2.05) is 48.7 Å². The number of nitrogens with one attached hydrogen (secondary N) is 1. The number of nitrogens with zero attached hydrogens (tertiary/aromatic N) is 2. The molecule has 0 saturated carbocycles. The second-order valence-electron chi connectivity index (χ2n) is 14.9. The van der Waals surface area contributed by atoms with Crippen molar-refractivity contribution < 1.29 is 29.6 Å². The molecule has 54 heavy (non-hydrogen) atoms. The van der Waals surface area contributed by atoms with Crippen LogP contribution in [0.5, 0.6) is 17.2 Å². The van der Waals surface area contributed by atoms with E-state index in [1.165, 1.54) is 7.11 Å². The molecule has 3 aromatic carbocycles. The van der Waals surface area contributed by atoms with Gasteiger partial charge in [0.2, 0.25) is 0 Å². The lowest BCUT2D eigenvalue weighted by Gasteiger charge is -2.39. The molecule has 2 aliphatic carbocycles. The monoisotopic (exact) mass is 721 g/mol. The standard InChI is InChI=1S/C45H43N3O6/c1-54-41-22-29-8-9-34(49)24-40(51)42-33(26-48-44-31(12-16-47-44)19-27-4-2-5-28(18-27)20-32(21-29)43(41)52)23-38-36(13-17-46-38)37(42)25-45(53)14-10-30-6-3-7-39(50)35(30)11-15-45/h2-7,11-13,15-18,21-23,37,42,47,50,52-53H,8-10,14,19-20,24-26H2,1H3/q-2/t37-,42-,45-/m1/s1. The molecule has 3 heterocycles. The molecule has 9 nitrogen and oxygen atoms in total. The number of aromatic hydroxyl groups is 2. The number of phenolic OH excluding ortho intramolecular Hbond substituents is 2. The first-order valence-corrected chi connectivity index (χ1v) is 18.6. The van der Waals surface area contributed by atoms with Crippen LogP contribution in [0.3, 0.4) is 0 Å². The highest BCUT2D eigenvalue weighted by Crippen LogP contribution is 2.47. The van der Waals surface area contributed by atoms with E-state index in [0.29, 0.717) is 54.8 Å². The summed E-state index contributed by atoms with van der Waals surface area (Å²) in [4.78, 5) is 36.2. The summed E-state index contributed by atoms with van der Waals surface area (Å²) in [6.07, 6.45) is 11.6. The predicted octanol–water partition coefficient (Wildman–Crippen LogP) is 7.63. The maximum atomic E-state index is 14.6. The summed E-state index contributed by atoms with van der Waals surface area (Å²) in [6, 6.07) is 21.2. The highest BCUT2D eigenvalue weighted by atomic mass is 16.5. The number of aliphatic hydroxyl groups is 1. The van der Waals surface area contributed by atoms with Crippen LogP contribution >= 0.6 is 0 Å². The van der Waals surface area contributed by atoms with Crippen LogP contribution in [-0.4, -0.2) is 51.1 Å². The predicted molar refractivity (Wildman–Crippen MR) is 207 cm³/mol. The van der Waals surface area contributed by atoms with Crippen molar-refractivity contribution in [1.29, 1.82) is 0 Å². The van der Waals surface area contributed by atoms with Gasteiger partial charge < -0.3 is 35.3 Å². The average Bonchev–Trinajstić information content (AvgIpc) is 3.78. The summed E-state index contributed by atoms with van der Waals surface area (Å²) in [5.74, 6) is -0.315. The number of rotatable bonds is 3. The van der Waals surface area contributed by atoms with Gasteiger partial charge in [0.25, 0.3) is 0 Å². The first kappa shape index (κ1) is 35.2. The van der Waals surface area contributed by atoms with Crippen molar-refractivity contribution in [2.45, 2.75) is 62.9 Å². The zero-order valence-electron chi connectivity index (χ0n) is 30.2. The summed E-state index contributed by atoms with van der Waals surface area (Å²) in [5, 5.41) is 38.8. The molecule has 2 aromatic heterocycles. The quantitative estimate of drug-likeness (QED) is 0.140. The lowest BCUT2D eigenvalue weighted by atomic mass is 9.68. The summed E-state index contributed by atoms with van der Waals surface area (Å²) in [7, 11) is 1.51. The van der Waals surface area contributed by atoms with Crippen molar-refractivity contribution in [1.82, 2.24) is 9.97 Å². The molecule has 0 unspecified atom stereocenters. The maximum absolute atomic E-state index is 14.6. The fourth-order valence-electron chi connectivity index (χ4n) is 8.51. The molecule has 3 atom stereocenters. The highest BCUT2D eigenvalue weighted by Gasteiger charge is 2.40. The number of benzene rings is 3. The molecule has 9 heteroatoms. The zero-order valence-corrected chi connectivity index (χ0v) is 30.2. The molecule has 0 radical (unpaired) electrons. The van der Waals surface area contributed by atoms with Gasteiger partial charge in [0.1, 0.15) is 17.3 Å². The first-order valence-electron chi connectivity index (χ1n) is 18.6. The number of aromatic nitrogens is 2. The number of ketones is 2. The average molecular weight is 722 g/mol. The normalized spacial score (nSPS) is 21.5. The molecule has 0 fully saturated rings. The minimum Gasteiger partial charge on any atom is -0.664 e. The number of aromatic amines is 1. The van der Waals surface area contributed by atoms with Crippen molar-refractivity contribution in [2.24, 2.45) is 5.92 Å². The Hall–Kier alpha value is -5.80. The van der Waals surface area contributed by atoms with Crippen LogP contribution in [0.2, 0.25) is 0 Å². The minimum absolute atomic E-state index is 0.0700. The van der Waals surface area contributed by atoms with Gasteiger partial charge in [-0.1, -0.05) is 96.0 Å². The number of hydrogen-bond donors (Lipinski definition) is 4. The summed E-state index contributed by atoms with van der Waals surface area (Å²) < 4.78 is 5.52. The van der Waals surface area contributed by atoms with E-state index in [4.69, 9.17) is 10.1 Å². The number of ether oxygens (including phenoxy) is 1. The topological polar surface area (TPSA) is 148 Å². The van der Waals surface area contributed by atoms with E-state index >= 15 is 0 Å². The van der Waals surface area contributed by atoms with Crippen LogP contribution in [-0.2, 0) is 35.3 Å². The molecule has 3 aliphatic rings. The summed E-state index contributed by atoms with van der Waals surface area (Å²) in [6.45, 7) is 0.208. The van der Waals surface area contributed by atoms with Crippen LogP contribution in [0.15, 0.2) is 90.8 Å². The van der Waals surface area contributed by atoms with Crippen LogP contribution in [0.1, 0.15) is 81.8 Å². The van der Waals surface area contributed by atoms with Crippen LogP contribution in [0.25, 0.3) is 17.5 Å². The number of carbonyl (C=O) groups is 2. The Morgan fingerprint density at radius 2 is 1.70 bits per heavy atom. The molecule has 0 amide bonds. The fraction of sp³-hybridized carbons (Fsp3) is 0.289. The number of hydrogen-bond acceptors (Lipinski definition) is 6. The third kappa shape index (κ3) is 7.11. The highest BCUT2D eigenvalue weighted by molar-refractivity contribution is 6.02. The summed E-state index contributed by atoms with van der Waals surface area (Å²) in [5.41, 5.74) is 7.33. The summed E-state index contributed by atoms with van der Waals surface area (Å²) >= 11 is 0. The fourth-order valence-corrected chi connectivity index (χ4v) is 8.51. The van der Waals surface area contributed by atoms with Gasteiger partial charge in [0.05, 0.1) is 19.1 Å². The SMILES string of the molecule is COc1cc2cc(c1O)Cc1cccc(c1)Cc1cc[nH]c1[N-]CC1=Cc3[n-]ccc3[C@@H](C[C@]3(O)C=Cc4c(O)cccc4CC3)[C@@H]1C(=O)CC(=O)CC2. The van der Waals surface area contributed by atoms with Crippen molar-refractivity contribution >= 4 is 29.5 Å².